The highest BCUT2D eigenvalue weighted by Crippen LogP contribution is 2.34. The summed E-state index contributed by atoms with van der Waals surface area (Å²) in [6.07, 6.45) is 5.38. The third kappa shape index (κ3) is 5.38. The number of pyridine rings is 1. The molecule has 2 aromatic carbocycles. The summed E-state index contributed by atoms with van der Waals surface area (Å²) < 4.78 is 5.45. The minimum absolute atomic E-state index is 0. The van der Waals surface area contributed by atoms with Crippen molar-refractivity contribution in [3.63, 3.8) is 0 Å². The quantitative estimate of drug-likeness (QED) is 0.391. The molecule has 0 spiro atoms. The molecule has 2 heterocycles. The Morgan fingerprint density at radius 1 is 0.968 bits per heavy atom. The zero-order valence-electron chi connectivity index (χ0n) is 17.2. The lowest BCUT2D eigenvalue weighted by Gasteiger charge is -2.07. The van der Waals surface area contributed by atoms with Crippen LogP contribution in [-0.4, -0.2) is 22.6 Å². The number of aromatic nitrogens is 2. The molecule has 4 rings (SSSR count). The van der Waals surface area contributed by atoms with Crippen LogP contribution in [0.1, 0.15) is 28.1 Å². The average Bonchev–Trinajstić information content (AvgIpc) is 3.19. The van der Waals surface area contributed by atoms with E-state index in [9.17, 15) is 4.79 Å². The maximum atomic E-state index is 12.5. The van der Waals surface area contributed by atoms with Gasteiger partial charge < -0.3 is 9.84 Å². The van der Waals surface area contributed by atoms with E-state index < -0.39 is 0 Å². The van der Waals surface area contributed by atoms with Gasteiger partial charge in [0.25, 0.3) is 5.91 Å². The van der Waals surface area contributed by atoms with Crippen LogP contribution in [0.2, 0.25) is 0 Å². The first-order valence-electron chi connectivity index (χ1n) is 10.0. The van der Waals surface area contributed by atoms with Crippen LogP contribution >= 0.6 is 12.4 Å². The summed E-state index contributed by atoms with van der Waals surface area (Å²) in [5.41, 5.74) is 5.54. The van der Waals surface area contributed by atoms with Gasteiger partial charge >= 0.3 is 0 Å². The lowest BCUT2D eigenvalue weighted by Crippen LogP contribution is -2.24. The maximum absolute atomic E-state index is 12.5. The van der Waals surface area contributed by atoms with E-state index in [2.05, 4.69) is 15.5 Å². The highest BCUT2D eigenvalue weighted by Gasteiger charge is 2.17. The van der Waals surface area contributed by atoms with Crippen molar-refractivity contribution in [2.75, 3.05) is 6.54 Å². The van der Waals surface area contributed by atoms with Crippen LogP contribution in [0.3, 0.4) is 0 Å². The molecule has 0 radical (unpaired) electrons. The number of rotatable bonds is 7. The van der Waals surface area contributed by atoms with Gasteiger partial charge in [-0.3, -0.25) is 9.78 Å². The first kappa shape index (κ1) is 22.2. The normalized spacial score (nSPS) is 10.4. The van der Waals surface area contributed by atoms with E-state index in [0.29, 0.717) is 12.1 Å². The molecule has 158 valence electrons. The highest BCUT2D eigenvalue weighted by molar-refractivity contribution is 5.95. The molecule has 0 atom stereocenters. The predicted octanol–water partition coefficient (Wildman–Crippen LogP) is 5.50. The summed E-state index contributed by atoms with van der Waals surface area (Å²) in [4.78, 5) is 16.6. The Morgan fingerprint density at radius 3 is 2.45 bits per heavy atom. The Balaban J connectivity index is 0.00000272. The molecule has 6 heteroatoms. The van der Waals surface area contributed by atoms with E-state index in [1.807, 2.05) is 79.9 Å². The molecule has 2 aromatic heterocycles. The molecule has 0 aliphatic carbocycles. The molecule has 0 aliphatic heterocycles. The van der Waals surface area contributed by atoms with Crippen LogP contribution in [0.25, 0.3) is 22.4 Å². The fourth-order valence-corrected chi connectivity index (χ4v) is 3.44. The molecule has 4 aromatic rings. The summed E-state index contributed by atoms with van der Waals surface area (Å²) >= 11 is 0. The second-order valence-electron chi connectivity index (χ2n) is 7.13. The largest absolute Gasteiger partial charge is 0.360 e. The summed E-state index contributed by atoms with van der Waals surface area (Å²) in [7, 11) is 0. The fourth-order valence-electron chi connectivity index (χ4n) is 3.44. The molecular weight excluding hydrogens is 410 g/mol. The second kappa shape index (κ2) is 10.5. The number of nitrogens with one attached hydrogen (secondary N) is 1. The van der Waals surface area contributed by atoms with Gasteiger partial charge in [0, 0.05) is 30.1 Å². The molecular formula is C25H24ClN3O2. The molecule has 0 saturated carbocycles. The van der Waals surface area contributed by atoms with Crippen LogP contribution in [0.15, 0.2) is 83.6 Å². The van der Waals surface area contributed by atoms with Crippen molar-refractivity contribution < 1.29 is 9.32 Å². The number of benzene rings is 2. The average molecular weight is 434 g/mol. The van der Waals surface area contributed by atoms with Crippen LogP contribution < -0.4 is 5.32 Å². The van der Waals surface area contributed by atoms with Gasteiger partial charge in [-0.15, -0.1) is 12.4 Å². The van der Waals surface area contributed by atoms with Crippen molar-refractivity contribution in [1.82, 2.24) is 15.5 Å². The number of hydrogen-bond acceptors (Lipinski definition) is 4. The Labute approximate surface area is 187 Å². The van der Waals surface area contributed by atoms with E-state index in [-0.39, 0.29) is 18.3 Å². The number of carbonyl (C=O) groups excluding carboxylic acids is 1. The first-order valence-corrected chi connectivity index (χ1v) is 10.0. The van der Waals surface area contributed by atoms with Gasteiger partial charge in [0.05, 0.1) is 5.56 Å². The zero-order chi connectivity index (χ0) is 20.8. The lowest BCUT2D eigenvalue weighted by atomic mass is 9.98. The van der Waals surface area contributed by atoms with Gasteiger partial charge in [0.15, 0.2) is 0 Å². The Kier molecular flexibility index (Phi) is 7.57. The first-order chi connectivity index (χ1) is 14.7. The number of hydrogen-bond donors (Lipinski definition) is 1. The van der Waals surface area contributed by atoms with E-state index in [1.54, 1.807) is 6.20 Å². The van der Waals surface area contributed by atoms with E-state index in [4.69, 9.17) is 4.52 Å². The van der Waals surface area contributed by atoms with E-state index in [0.717, 1.165) is 41.0 Å². The fraction of sp³-hybridized carbons (Fsp3) is 0.160. The SMILES string of the molecule is Cc1onc(-c2ccccc2)c1-c1ccc(C(=O)NCCCc2cccnc2)cc1.Cl. The standard InChI is InChI=1S/C25H23N3O2.ClH/c1-18-23(24(28-30-18)21-9-3-2-4-10-21)20-11-13-22(14-12-20)25(29)27-16-6-8-19-7-5-15-26-17-19;/h2-5,7,9-15,17H,6,8,16H2,1H3,(H,27,29);1H. The number of aryl methyl sites for hydroxylation is 2. The smallest absolute Gasteiger partial charge is 0.251 e. The Morgan fingerprint density at radius 2 is 1.74 bits per heavy atom. The molecule has 0 aliphatic rings. The summed E-state index contributed by atoms with van der Waals surface area (Å²) in [6.45, 7) is 2.52. The topological polar surface area (TPSA) is 68.0 Å². The van der Waals surface area contributed by atoms with Gasteiger partial charge in [-0.1, -0.05) is 53.7 Å². The Hall–Kier alpha value is -3.44. The predicted molar refractivity (Wildman–Crippen MR) is 124 cm³/mol. The van der Waals surface area contributed by atoms with Gasteiger partial charge in [-0.05, 0) is 49.1 Å². The molecule has 0 bridgehead atoms. The van der Waals surface area contributed by atoms with Crippen LogP contribution in [0.4, 0.5) is 0 Å². The van der Waals surface area contributed by atoms with Crippen molar-refractivity contribution in [1.29, 1.82) is 0 Å². The summed E-state index contributed by atoms with van der Waals surface area (Å²) in [5.74, 6) is 0.680. The highest BCUT2D eigenvalue weighted by atomic mass is 35.5. The lowest BCUT2D eigenvalue weighted by molar-refractivity contribution is 0.0953. The minimum atomic E-state index is -0.0712. The van der Waals surface area contributed by atoms with Crippen LogP contribution in [0, 0.1) is 6.92 Å². The van der Waals surface area contributed by atoms with Gasteiger partial charge in [-0.25, -0.2) is 0 Å². The summed E-state index contributed by atoms with van der Waals surface area (Å²) in [5, 5.41) is 7.22. The zero-order valence-corrected chi connectivity index (χ0v) is 18.1. The molecule has 31 heavy (non-hydrogen) atoms. The van der Waals surface area contributed by atoms with Gasteiger partial charge in [-0.2, -0.15) is 0 Å². The van der Waals surface area contributed by atoms with Crippen LogP contribution in [-0.2, 0) is 6.42 Å². The number of halogens is 1. The van der Waals surface area contributed by atoms with Crippen molar-refractivity contribution >= 4 is 18.3 Å². The molecule has 0 fully saturated rings. The van der Waals surface area contributed by atoms with Crippen molar-refractivity contribution in [3.05, 3.63) is 96.0 Å². The maximum Gasteiger partial charge on any atom is 0.251 e. The van der Waals surface area contributed by atoms with Crippen molar-refractivity contribution in [3.8, 4) is 22.4 Å². The van der Waals surface area contributed by atoms with Crippen molar-refractivity contribution in [2.45, 2.75) is 19.8 Å². The second-order valence-corrected chi connectivity index (χ2v) is 7.13. The van der Waals surface area contributed by atoms with Gasteiger partial charge in [0.1, 0.15) is 11.5 Å². The van der Waals surface area contributed by atoms with Gasteiger partial charge in [0.2, 0.25) is 0 Å². The van der Waals surface area contributed by atoms with E-state index in [1.165, 1.54) is 5.56 Å². The van der Waals surface area contributed by atoms with Crippen molar-refractivity contribution in [2.24, 2.45) is 0 Å². The molecule has 1 N–H and O–H groups in total. The number of amides is 1. The minimum Gasteiger partial charge on any atom is -0.360 e. The third-order valence-corrected chi connectivity index (χ3v) is 5.00. The molecule has 5 nitrogen and oxygen atoms in total. The van der Waals surface area contributed by atoms with Crippen LogP contribution in [0.5, 0.6) is 0 Å². The third-order valence-electron chi connectivity index (χ3n) is 5.00. The molecule has 0 saturated heterocycles. The molecule has 0 unspecified atom stereocenters. The molecule has 1 amide bonds. The van der Waals surface area contributed by atoms with E-state index >= 15 is 0 Å². The summed E-state index contributed by atoms with van der Waals surface area (Å²) in [6, 6.07) is 21.5. The number of carbonyl (C=O) groups is 1. The Bertz CT molecular complexity index is 1110. The monoisotopic (exact) mass is 433 g/mol. The number of nitrogens with zero attached hydrogens (tertiary/aromatic N) is 2.